The van der Waals surface area contributed by atoms with Crippen LogP contribution in [0, 0.1) is 6.92 Å². The number of hydrogen-bond donors (Lipinski definition) is 1. The molecule has 0 amide bonds. The van der Waals surface area contributed by atoms with Crippen LogP contribution in [-0.4, -0.2) is 22.9 Å². The molecule has 1 aromatic carbocycles. The van der Waals surface area contributed by atoms with Crippen LogP contribution in [0.3, 0.4) is 0 Å². The first kappa shape index (κ1) is 16.0. The Labute approximate surface area is 142 Å². The number of aryl methyl sites for hydroxylation is 1. The SMILES string of the molecule is C=c1[nH]n(-c2ccc(C(=O)OC)cc2)c(=O)/c1=C/c1ccc(C)s1. The van der Waals surface area contributed by atoms with Gasteiger partial charge in [0.05, 0.1) is 28.9 Å². The standard InChI is InChI=1S/C18H16N2O3S/c1-11-4-9-15(24-11)10-16-12(2)19-20(17(16)21)14-7-5-13(6-8-14)18(22)23-3/h4-10,19H,2H2,1,3H3/b16-10+. The van der Waals surface area contributed by atoms with Crippen molar-refractivity contribution >= 4 is 30.0 Å². The Morgan fingerprint density at radius 3 is 2.54 bits per heavy atom. The first-order valence-corrected chi connectivity index (χ1v) is 8.08. The van der Waals surface area contributed by atoms with Gasteiger partial charge < -0.3 is 4.74 Å². The van der Waals surface area contributed by atoms with E-state index in [1.54, 1.807) is 35.6 Å². The Balaban J connectivity index is 2.06. The van der Waals surface area contributed by atoms with E-state index in [0.29, 0.717) is 21.8 Å². The highest BCUT2D eigenvalue weighted by Crippen LogP contribution is 2.14. The van der Waals surface area contributed by atoms with Crippen molar-refractivity contribution in [2.24, 2.45) is 0 Å². The summed E-state index contributed by atoms with van der Waals surface area (Å²) in [6.07, 6.45) is 1.83. The number of esters is 1. The fraction of sp³-hybridized carbons (Fsp3) is 0.111. The third kappa shape index (κ3) is 2.96. The van der Waals surface area contributed by atoms with Gasteiger partial charge >= 0.3 is 5.97 Å². The molecule has 0 fully saturated rings. The number of methoxy groups -OCH3 is 1. The van der Waals surface area contributed by atoms with Crippen molar-refractivity contribution in [2.75, 3.05) is 7.11 Å². The zero-order valence-corrected chi connectivity index (χ0v) is 14.1. The molecule has 3 aromatic rings. The molecule has 6 heteroatoms. The Morgan fingerprint density at radius 2 is 1.96 bits per heavy atom. The lowest BCUT2D eigenvalue weighted by molar-refractivity contribution is 0.0601. The van der Waals surface area contributed by atoms with Gasteiger partial charge in [-0.15, -0.1) is 11.3 Å². The summed E-state index contributed by atoms with van der Waals surface area (Å²) in [6.45, 7) is 5.93. The number of aromatic amines is 1. The summed E-state index contributed by atoms with van der Waals surface area (Å²) in [5, 5.41) is 4.04. The van der Waals surface area contributed by atoms with Gasteiger partial charge in [0.2, 0.25) is 0 Å². The molecule has 24 heavy (non-hydrogen) atoms. The Hall–Kier alpha value is -2.86. The summed E-state index contributed by atoms with van der Waals surface area (Å²) in [7, 11) is 1.33. The lowest BCUT2D eigenvalue weighted by Crippen LogP contribution is -2.33. The number of thiophene rings is 1. The number of nitrogens with one attached hydrogen (secondary N) is 1. The van der Waals surface area contributed by atoms with Crippen molar-refractivity contribution in [1.29, 1.82) is 0 Å². The highest BCUT2D eigenvalue weighted by molar-refractivity contribution is 7.12. The van der Waals surface area contributed by atoms with Gasteiger partial charge in [-0.3, -0.25) is 9.89 Å². The molecular weight excluding hydrogens is 324 g/mol. The third-order valence-corrected chi connectivity index (χ3v) is 4.55. The number of hydrogen-bond acceptors (Lipinski definition) is 4. The van der Waals surface area contributed by atoms with Gasteiger partial charge in [0, 0.05) is 9.75 Å². The Kier molecular flexibility index (Phi) is 4.22. The van der Waals surface area contributed by atoms with E-state index >= 15 is 0 Å². The minimum Gasteiger partial charge on any atom is -0.465 e. The van der Waals surface area contributed by atoms with E-state index in [2.05, 4.69) is 16.4 Å². The minimum absolute atomic E-state index is 0.183. The van der Waals surface area contributed by atoms with E-state index in [0.717, 1.165) is 4.88 Å². The molecule has 122 valence electrons. The molecule has 0 unspecified atom stereocenters. The molecule has 3 rings (SSSR count). The van der Waals surface area contributed by atoms with Crippen LogP contribution in [-0.2, 0) is 4.74 Å². The van der Waals surface area contributed by atoms with E-state index in [1.807, 2.05) is 25.1 Å². The maximum atomic E-state index is 12.6. The average Bonchev–Trinajstić information content (AvgIpc) is 3.12. The zero-order valence-electron chi connectivity index (χ0n) is 13.3. The van der Waals surface area contributed by atoms with Crippen molar-refractivity contribution in [3.8, 4) is 5.69 Å². The second-order valence-corrected chi connectivity index (χ2v) is 6.60. The number of aromatic nitrogens is 2. The molecule has 1 N–H and O–H groups in total. The summed E-state index contributed by atoms with van der Waals surface area (Å²) >= 11 is 1.62. The summed E-state index contributed by atoms with van der Waals surface area (Å²) in [6, 6.07) is 10.6. The quantitative estimate of drug-likeness (QED) is 0.736. The van der Waals surface area contributed by atoms with Crippen LogP contribution in [0.15, 0.2) is 41.2 Å². The van der Waals surface area contributed by atoms with Crippen LogP contribution in [0.2, 0.25) is 0 Å². The predicted octanol–water partition coefficient (Wildman–Crippen LogP) is 1.56. The maximum absolute atomic E-state index is 12.6. The molecule has 0 aliphatic heterocycles. The maximum Gasteiger partial charge on any atom is 0.337 e. The van der Waals surface area contributed by atoms with E-state index in [4.69, 9.17) is 0 Å². The number of ether oxygens (including phenoxy) is 1. The molecule has 5 nitrogen and oxygen atoms in total. The van der Waals surface area contributed by atoms with Crippen molar-refractivity contribution in [3.05, 3.63) is 72.6 Å². The largest absolute Gasteiger partial charge is 0.465 e. The molecule has 2 aromatic heterocycles. The molecule has 0 spiro atoms. The predicted molar refractivity (Wildman–Crippen MR) is 95.1 cm³/mol. The summed E-state index contributed by atoms with van der Waals surface area (Å²) in [5.41, 5.74) is 0.869. The molecular formula is C18H16N2O3S. The average molecular weight is 340 g/mol. The van der Waals surface area contributed by atoms with Gasteiger partial charge in [-0.05, 0) is 49.4 Å². The summed E-state index contributed by atoms with van der Waals surface area (Å²) in [4.78, 5) is 26.3. The Bertz CT molecular complexity index is 1060. The third-order valence-electron chi connectivity index (χ3n) is 3.60. The molecule has 2 heterocycles. The molecule has 0 saturated carbocycles. The first-order chi connectivity index (χ1) is 11.5. The van der Waals surface area contributed by atoms with Crippen LogP contribution in [0.4, 0.5) is 0 Å². The smallest absolute Gasteiger partial charge is 0.337 e. The zero-order chi connectivity index (χ0) is 17.3. The molecule has 0 aliphatic rings. The fourth-order valence-corrected chi connectivity index (χ4v) is 3.18. The van der Waals surface area contributed by atoms with Crippen molar-refractivity contribution in [1.82, 2.24) is 9.78 Å². The number of H-pyrrole nitrogens is 1. The molecule has 0 saturated heterocycles. The highest BCUT2D eigenvalue weighted by atomic mass is 32.1. The first-order valence-electron chi connectivity index (χ1n) is 7.26. The molecule has 0 bridgehead atoms. The number of rotatable bonds is 3. The van der Waals surface area contributed by atoms with E-state index in [1.165, 1.54) is 16.7 Å². The topological polar surface area (TPSA) is 64.1 Å². The molecule has 0 aliphatic carbocycles. The van der Waals surface area contributed by atoms with Crippen LogP contribution in [0.25, 0.3) is 18.3 Å². The van der Waals surface area contributed by atoms with Gasteiger partial charge in [0.1, 0.15) is 0 Å². The van der Waals surface area contributed by atoms with Crippen LogP contribution in [0.1, 0.15) is 20.1 Å². The second-order valence-electron chi connectivity index (χ2n) is 5.28. The van der Waals surface area contributed by atoms with Crippen molar-refractivity contribution < 1.29 is 9.53 Å². The van der Waals surface area contributed by atoms with E-state index in [9.17, 15) is 9.59 Å². The molecule has 0 atom stereocenters. The lowest BCUT2D eigenvalue weighted by Gasteiger charge is -2.03. The van der Waals surface area contributed by atoms with Crippen molar-refractivity contribution in [2.45, 2.75) is 6.92 Å². The van der Waals surface area contributed by atoms with Gasteiger partial charge in [0.25, 0.3) is 5.56 Å². The van der Waals surface area contributed by atoms with Crippen molar-refractivity contribution in [3.63, 3.8) is 0 Å². The Morgan fingerprint density at radius 1 is 1.25 bits per heavy atom. The van der Waals surface area contributed by atoms with Crippen LogP contribution >= 0.6 is 11.3 Å². The van der Waals surface area contributed by atoms with Gasteiger partial charge in [-0.2, -0.15) is 0 Å². The number of nitrogens with zero attached hydrogens (tertiary/aromatic N) is 1. The number of benzene rings is 1. The van der Waals surface area contributed by atoms with E-state index < -0.39 is 5.97 Å². The van der Waals surface area contributed by atoms with E-state index in [-0.39, 0.29) is 5.56 Å². The van der Waals surface area contributed by atoms with Gasteiger partial charge in [0.15, 0.2) is 0 Å². The monoisotopic (exact) mass is 340 g/mol. The van der Waals surface area contributed by atoms with Crippen LogP contribution < -0.4 is 16.1 Å². The van der Waals surface area contributed by atoms with Gasteiger partial charge in [-0.25, -0.2) is 9.48 Å². The fourth-order valence-electron chi connectivity index (χ4n) is 2.36. The highest BCUT2D eigenvalue weighted by Gasteiger charge is 2.08. The summed E-state index contributed by atoms with van der Waals surface area (Å²) in [5.74, 6) is -0.416. The lowest BCUT2D eigenvalue weighted by atomic mass is 10.2. The second kappa shape index (κ2) is 6.33. The molecule has 0 radical (unpaired) electrons. The van der Waals surface area contributed by atoms with Gasteiger partial charge in [-0.1, -0.05) is 6.58 Å². The summed E-state index contributed by atoms with van der Waals surface area (Å²) < 4.78 is 6.08. The number of carbonyl (C=O) groups excluding carboxylic acids is 1. The minimum atomic E-state index is -0.416. The number of carbonyl (C=O) groups is 1. The normalized spacial score (nSPS) is 11.7. The van der Waals surface area contributed by atoms with Crippen LogP contribution in [0.5, 0.6) is 0 Å².